The van der Waals surface area contributed by atoms with E-state index in [0.29, 0.717) is 12.3 Å². The van der Waals surface area contributed by atoms with Crippen LogP contribution in [0.15, 0.2) is 23.1 Å². The minimum Gasteiger partial charge on any atom is -0.325 e. The third-order valence-electron chi connectivity index (χ3n) is 3.79. The van der Waals surface area contributed by atoms with Crippen molar-refractivity contribution < 1.29 is 13.2 Å². The summed E-state index contributed by atoms with van der Waals surface area (Å²) in [7, 11) is -3.81. The number of amides is 1. The standard InChI is InChI=1S/C14H19ClN2O3S/c15-12-7-6-11(21(16,19)20)9-13(12)17-14(18)8-5-10-3-1-2-4-10/h6-7,9-10H,1-5,8H2,(H,17,18)(H2,16,19,20). The van der Waals surface area contributed by atoms with E-state index in [1.54, 1.807) is 0 Å². The Morgan fingerprint density at radius 1 is 1.33 bits per heavy atom. The van der Waals surface area contributed by atoms with Gasteiger partial charge < -0.3 is 5.32 Å². The Bertz CT molecular complexity index is 625. The van der Waals surface area contributed by atoms with Gasteiger partial charge in [0.15, 0.2) is 0 Å². The lowest BCUT2D eigenvalue weighted by Gasteiger charge is -2.11. The lowest BCUT2D eigenvalue weighted by molar-refractivity contribution is -0.116. The fraction of sp³-hybridized carbons (Fsp3) is 0.500. The molecule has 1 aliphatic rings. The van der Waals surface area contributed by atoms with Crippen LogP contribution in [0, 0.1) is 5.92 Å². The lowest BCUT2D eigenvalue weighted by atomic mass is 10.0. The van der Waals surface area contributed by atoms with Crippen molar-refractivity contribution in [3.63, 3.8) is 0 Å². The second-order valence-corrected chi connectivity index (χ2v) is 7.39. The number of anilines is 1. The van der Waals surface area contributed by atoms with Gasteiger partial charge in [-0.1, -0.05) is 37.3 Å². The summed E-state index contributed by atoms with van der Waals surface area (Å²) in [5, 5.41) is 8.01. The van der Waals surface area contributed by atoms with Gasteiger partial charge in [0.25, 0.3) is 0 Å². The zero-order valence-corrected chi connectivity index (χ0v) is 13.2. The first kappa shape index (κ1) is 16.3. The molecule has 1 aliphatic carbocycles. The summed E-state index contributed by atoms with van der Waals surface area (Å²) < 4.78 is 22.6. The van der Waals surface area contributed by atoms with Gasteiger partial charge in [0.2, 0.25) is 15.9 Å². The van der Waals surface area contributed by atoms with E-state index in [2.05, 4.69) is 5.32 Å². The molecule has 116 valence electrons. The van der Waals surface area contributed by atoms with Crippen molar-refractivity contribution in [2.75, 3.05) is 5.32 Å². The smallest absolute Gasteiger partial charge is 0.238 e. The Morgan fingerprint density at radius 3 is 2.62 bits per heavy atom. The molecule has 0 aromatic heterocycles. The summed E-state index contributed by atoms with van der Waals surface area (Å²) in [5.74, 6) is 0.470. The SMILES string of the molecule is NS(=O)(=O)c1ccc(Cl)c(NC(=O)CCC2CCCC2)c1. The van der Waals surface area contributed by atoms with Crippen LogP contribution in [0.3, 0.4) is 0 Å². The zero-order valence-electron chi connectivity index (χ0n) is 11.6. The van der Waals surface area contributed by atoms with Gasteiger partial charge in [-0.05, 0) is 30.5 Å². The fourth-order valence-electron chi connectivity index (χ4n) is 2.62. The van der Waals surface area contributed by atoms with Gasteiger partial charge in [-0.3, -0.25) is 4.79 Å². The average Bonchev–Trinajstić information content (AvgIpc) is 2.91. The Hall–Kier alpha value is -1.11. The Morgan fingerprint density at radius 2 is 2.00 bits per heavy atom. The van der Waals surface area contributed by atoms with Gasteiger partial charge in [0.1, 0.15) is 0 Å². The zero-order chi connectivity index (χ0) is 15.5. The van der Waals surface area contributed by atoms with E-state index in [1.807, 2.05) is 0 Å². The van der Waals surface area contributed by atoms with Gasteiger partial charge in [0.05, 0.1) is 15.6 Å². The molecule has 0 heterocycles. The summed E-state index contributed by atoms with van der Waals surface area (Å²) >= 11 is 5.97. The van der Waals surface area contributed by atoms with Gasteiger partial charge in [-0.2, -0.15) is 0 Å². The van der Waals surface area contributed by atoms with Crippen LogP contribution < -0.4 is 10.5 Å². The lowest BCUT2D eigenvalue weighted by Crippen LogP contribution is -2.15. The first-order valence-electron chi connectivity index (χ1n) is 6.98. The topological polar surface area (TPSA) is 89.3 Å². The second kappa shape index (κ2) is 6.77. The molecule has 1 aromatic rings. The number of nitrogens with one attached hydrogen (secondary N) is 1. The number of primary sulfonamides is 1. The second-order valence-electron chi connectivity index (χ2n) is 5.42. The van der Waals surface area contributed by atoms with Crippen LogP contribution >= 0.6 is 11.6 Å². The number of rotatable bonds is 5. The number of hydrogen-bond donors (Lipinski definition) is 2. The highest BCUT2D eigenvalue weighted by atomic mass is 35.5. The van der Waals surface area contributed by atoms with Gasteiger partial charge in [-0.25, -0.2) is 13.6 Å². The average molecular weight is 331 g/mol. The molecular formula is C14H19ClN2O3S. The number of halogens is 1. The summed E-state index contributed by atoms with van der Waals surface area (Å²) in [6.07, 6.45) is 6.14. The molecule has 0 radical (unpaired) electrons. The highest BCUT2D eigenvalue weighted by molar-refractivity contribution is 7.89. The van der Waals surface area contributed by atoms with Crippen molar-refractivity contribution >= 4 is 33.2 Å². The molecule has 0 saturated heterocycles. The molecule has 1 amide bonds. The maximum absolute atomic E-state index is 11.9. The van der Waals surface area contributed by atoms with Crippen LogP contribution in [-0.2, 0) is 14.8 Å². The molecule has 1 saturated carbocycles. The van der Waals surface area contributed by atoms with E-state index < -0.39 is 10.0 Å². The first-order chi connectivity index (χ1) is 9.86. The van der Waals surface area contributed by atoms with Crippen LogP contribution in [0.5, 0.6) is 0 Å². The number of nitrogens with two attached hydrogens (primary N) is 1. The van der Waals surface area contributed by atoms with E-state index in [-0.39, 0.29) is 21.5 Å². The maximum atomic E-state index is 11.9. The predicted molar refractivity (Wildman–Crippen MR) is 82.6 cm³/mol. The number of benzene rings is 1. The van der Waals surface area contributed by atoms with Gasteiger partial charge in [-0.15, -0.1) is 0 Å². The van der Waals surface area contributed by atoms with Crippen molar-refractivity contribution in [2.45, 2.75) is 43.4 Å². The van der Waals surface area contributed by atoms with Gasteiger partial charge >= 0.3 is 0 Å². The van der Waals surface area contributed by atoms with Crippen molar-refractivity contribution in [2.24, 2.45) is 11.1 Å². The summed E-state index contributed by atoms with van der Waals surface area (Å²) in [6, 6.07) is 4.00. The molecule has 0 unspecified atom stereocenters. The van der Waals surface area contributed by atoms with E-state index in [0.717, 1.165) is 6.42 Å². The summed E-state index contributed by atoms with van der Waals surface area (Å²) in [6.45, 7) is 0. The number of carbonyl (C=O) groups is 1. The molecule has 0 spiro atoms. The molecule has 21 heavy (non-hydrogen) atoms. The molecule has 0 bridgehead atoms. The minimum absolute atomic E-state index is 0.0713. The Balaban J connectivity index is 1.99. The van der Waals surface area contributed by atoms with Crippen LogP contribution in [0.2, 0.25) is 5.02 Å². The summed E-state index contributed by atoms with van der Waals surface area (Å²) in [4.78, 5) is 11.9. The van der Waals surface area contributed by atoms with E-state index in [4.69, 9.17) is 16.7 Å². The summed E-state index contributed by atoms with van der Waals surface area (Å²) in [5.41, 5.74) is 0.277. The number of carbonyl (C=O) groups excluding carboxylic acids is 1. The Kier molecular flexibility index (Phi) is 5.24. The van der Waals surface area contributed by atoms with E-state index in [1.165, 1.54) is 43.9 Å². The molecule has 2 rings (SSSR count). The van der Waals surface area contributed by atoms with Crippen LogP contribution in [0.1, 0.15) is 38.5 Å². The van der Waals surface area contributed by atoms with Crippen molar-refractivity contribution in [3.8, 4) is 0 Å². The molecular weight excluding hydrogens is 312 g/mol. The van der Waals surface area contributed by atoms with E-state index >= 15 is 0 Å². The number of sulfonamides is 1. The van der Waals surface area contributed by atoms with Gasteiger partial charge in [0, 0.05) is 6.42 Å². The molecule has 7 heteroatoms. The van der Waals surface area contributed by atoms with Crippen LogP contribution in [-0.4, -0.2) is 14.3 Å². The normalized spacial score (nSPS) is 16.1. The van der Waals surface area contributed by atoms with Crippen LogP contribution in [0.25, 0.3) is 0 Å². The van der Waals surface area contributed by atoms with Crippen molar-refractivity contribution in [3.05, 3.63) is 23.2 Å². The molecule has 1 aromatic carbocycles. The Labute approximate surface area is 129 Å². The quantitative estimate of drug-likeness (QED) is 0.869. The van der Waals surface area contributed by atoms with E-state index in [9.17, 15) is 13.2 Å². The fourth-order valence-corrected chi connectivity index (χ4v) is 3.33. The molecule has 0 atom stereocenters. The number of hydrogen-bond acceptors (Lipinski definition) is 3. The molecule has 1 fully saturated rings. The first-order valence-corrected chi connectivity index (χ1v) is 8.91. The largest absolute Gasteiger partial charge is 0.325 e. The predicted octanol–water partition coefficient (Wildman–Crippen LogP) is 2.90. The van der Waals surface area contributed by atoms with Crippen LogP contribution in [0.4, 0.5) is 5.69 Å². The molecule has 0 aliphatic heterocycles. The third-order valence-corrected chi connectivity index (χ3v) is 5.04. The maximum Gasteiger partial charge on any atom is 0.238 e. The highest BCUT2D eigenvalue weighted by Gasteiger charge is 2.17. The van der Waals surface area contributed by atoms with Crippen molar-refractivity contribution in [1.82, 2.24) is 0 Å². The minimum atomic E-state index is -3.81. The molecule has 3 N–H and O–H groups in total. The van der Waals surface area contributed by atoms with Crippen molar-refractivity contribution in [1.29, 1.82) is 0 Å². The highest BCUT2D eigenvalue weighted by Crippen LogP contribution is 2.29. The third kappa shape index (κ3) is 4.69. The molecule has 5 nitrogen and oxygen atoms in total. The monoisotopic (exact) mass is 330 g/mol.